The summed E-state index contributed by atoms with van der Waals surface area (Å²) in [6.07, 6.45) is -8.20. The molecule has 0 aliphatic carbocycles. The number of carbonyl (C=O) groups excluding carboxylic acids is 4. The number of carbonyl (C=O) groups is 5. The zero-order valence-electron chi connectivity index (χ0n) is 40.2. The lowest BCUT2D eigenvalue weighted by Gasteiger charge is -2.30. The van der Waals surface area contributed by atoms with Crippen LogP contribution >= 0.6 is 46.6 Å². The van der Waals surface area contributed by atoms with Crippen LogP contribution in [0.5, 0.6) is 0 Å². The molecule has 0 saturated carbocycles. The summed E-state index contributed by atoms with van der Waals surface area (Å²) >= 11 is 1.34. The standard InChI is InChI=1S/C39H48N9O24P3S3/c1-39(2,15-69-75(62,63)72-74(60,61)68-14-20-27(71-73(57,58)59)26(50)36(70-20)48-17-45-25-30(40)43-16-44-31(25)48)29(51)32(52)42-9-7-23(49)41-10-12-76-38(56)33(53)46-35-24(37(54)55)19-8-11-66-21(28(19)77-35)13-67-34-18-5-3-4-6-22(18)78(64,65)47-34/h3-6,16-17,20-21,26-27,29,36,50-51H,7-15H2,1-2H3,(H,41,49)(H,42,52)(H,46,53)(H,54,55)(H,60,61)(H,62,63)(H2,40,43,44)(H2,57,58,59). The van der Waals surface area contributed by atoms with Crippen molar-refractivity contribution in [3.05, 3.63) is 58.5 Å². The topological polar surface area (TPSA) is 495 Å². The first-order valence-corrected chi connectivity index (χ1v) is 30.2. The number of phosphoric ester groups is 3. The molecule has 3 amide bonds. The Kier molecular flexibility index (Phi) is 18.8. The number of carboxylic acid groups (broad SMARTS) is 1. The lowest BCUT2D eigenvalue weighted by Crippen LogP contribution is -2.46. The SMILES string of the molecule is CC(C)(COP(=O)(O)OP(=O)(O)OCC1OC(n2cnc3c(N)ncnc32)C(O)C1OP(=O)(O)O)C(O)C(=O)NCCC(=O)NCCSC(=O)C(=O)Nc1sc2c(c1C(=O)O)CCOC2COC1=NS(=O)(=O)c2ccccc21. The number of aromatic carboxylic acids is 1. The Balaban J connectivity index is 0.812. The lowest BCUT2D eigenvalue weighted by molar-refractivity contribution is -0.137. The number of hydrogen-bond acceptors (Lipinski definition) is 25. The smallest absolute Gasteiger partial charge is 0.478 e. The van der Waals surface area contributed by atoms with Crippen LogP contribution in [0.25, 0.3) is 11.2 Å². The first-order valence-electron chi connectivity index (χ1n) is 22.4. The van der Waals surface area contributed by atoms with Crippen molar-refractivity contribution in [1.29, 1.82) is 0 Å². The molecule has 78 heavy (non-hydrogen) atoms. The van der Waals surface area contributed by atoms with Gasteiger partial charge in [0, 0.05) is 35.6 Å². The second-order valence-corrected chi connectivity index (χ2v) is 25.3. The number of hydrogen-bond donors (Lipinski definition) is 11. The molecule has 0 bridgehead atoms. The van der Waals surface area contributed by atoms with Crippen molar-refractivity contribution >= 4 is 113 Å². The van der Waals surface area contributed by atoms with Gasteiger partial charge in [0.25, 0.3) is 15.1 Å². The number of aliphatic hydroxyl groups is 2. The molecule has 0 radical (unpaired) electrons. The van der Waals surface area contributed by atoms with Crippen molar-refractivity contribution in [2.24, 2.45) is 9.81 Å². The predicted octanol–water partition coefficient (Wildman–Crippen LogP) is -0.157. The van der Waals surface area contributed by atoms with Crippen LogP contribution in [-0.4, -0.2) is 167 Å². The molecule has 4 aromatic rings. The molecular formula is C39H48N9O24P3S3. The molecule has 6 heterocycles. The molecule has 12 N–H and O–H groups in total. The van der Waals surface area contributed by atoms with Gasteiger partial charge in [-0.25, -0.2) is 33.4 Å². The van der Waals surface area contributed by atoms with Crippen LogP contribution in [0.3, 0.4) is 0 Å². The molecule has 8 atom stereocenters. The number of anilines is 2. The highest BCUT2D eigenvalue weighted by atomic mass is 32.2. The zero-order valence-corrected chi connectivity index (χ0v) is 45.4. The Morgan fingerprint density at radius 2 is 1.73 bits per heavy atom. The van der Waals surface area contributed by atoms with E-state index in [1.54, 1.807) is 6.07 Å². The number of rotatable bonds is 23. The van der Waals surface area contributed by atoms with E-state index in [0.717, 1.165) is 28.6 Å². The minimum atomic E-state index is -5.65. The normalized spacial score (nSPS) is 21.8. The van der Waals surface area contributed by atoms with Crippen molar-refractivity contribution in [1.82, 2.24) is 30.2 Å². The molecule has 0 spiro atoms. The maximum absolute atomic E-state index is 12.9. The Morgan fingerprint density at radius 3 is 2.45 bits per heavy atom. The highest BCUT2D eigenvalue weighted by molar-refractivity contribution is 8.15. The summed E-state index contributed by atoms with van der Waals surface area (Å²) in [6, 6.07) is 6.02. The number of imidazole rings is 1. The van der Waals surface area contributed by atoms with Crippen LogP contribution in [0.2, 0.25) is 0 Å². The van der Waals surface area contributed by atoms with E-state index in [1.807, 2.05) is 0 Å². The number of ether oxygens (including phenoxy) is 3. The highest BCUT2D eigenvalue weighted by Gasteiger charge is 2.50. The molecule has 3 aromatic heterocycles. The van der Waals surface area contributed by atoms with E-state index in [4.69, 9.17) is 29.0 Å². The van der Waals surface area contributed by atoms with Crippen molar-refractivity contribution in [2.45, 2.75) is 68.3 Å². The molecule has 1 fully saturated rings. The van der Waals surface area contributed by atoms with E-state index < -0.39 is 118 Å². The Hall–Kier alpha value is -5.20. The summed E-state index contributed by atoms with van der Waals surface area (Å²) in [5, 5.41) is 37.6. The monoisotopic (exact) mass is 1220 g/mol. The summed E-state index contributed by atoms with van der Waals surface area (Å²) in [5.41, 5.74) is 4.41. The van der Waals surface area contributed by atoms with Crippen molar-refractivity contribution in [3.63, 3.8) is 0 Å². The number of thiophene rings is 1. The fraction of sp³-hybridized carbons (Fsp3) is 0.462. The summed E-state index contributed by atoms with van der Waals surface area (Å²) in [5.74, 6) is -4.66. The van der Waals surface area contributed by atoms with Gasteiger partial charge < -0.3 is 70.8 Å². The molecule has 3 aliphatic rings. The van der Waals surface area contributed by atoms with E-state index in [1.165, 1.54) is 32.0 Å². The van der Waals surface area contributed by atoms with E-state index in [0.29, 0.717) is 22.2 Å². The van der Waals surface area contributed by atoms with Gasteiger partial charge in [-0.3, -0.25) is 37.3 Å². The first-order chi connectivity index (χ1) is 36.5. The van der Waals surface area contributed by atoms with E-state index in [2.05, 4.69) is 44.1 Å². The number of fused-ring (bicyclic) bond motifs is 3. The minimum Gasteiger partial charge on any atom is -0.478 e. The molecule has 1 aromatic carbocycles. The number of nitrogens with two attached hydrogens (primary N) is 1. The van der Waals surface area contributed by atoms with Crippen LogP contribution in [0, 0.1) is 5.41 Å². The quantitative estimate of drug-likeness (QED) is 0.0261. The number of nitrogen functional groups attached to an aromatic ring is 1. The summed E-state index contributed by atoms with van der Waals surface area (Å²) in [6.45, 7) is -0.482. The summed E-state index contributed by atoms with van der Waals surface area (Å²) < 4.78 is 103. The van der Waals surface area contributed by atoms with Gasteiger partial charge in [-0.2, -0.15) is 12.7 Å². The van der Waals surface area contributed by atoms with Crippen molar-refractivity contribution < 1.29 is 113 Å². The first kappa shape index (κ1) is 60.4. The molecule has 39 heteroatoms. The number of aromatic nitrogens is 4. The molecule has 3 aliphatic heterocycles. The van der Waals surface area contributed by atoms with Gasteiger partial charge >= 0.3 is 35.3 Å². The predicted molar refractivity (Wildman–Crippen MR) is 266 cm³/mol. The Labute approximate surface area is 447 Å². The Bertz CT molecular complexity index is 3280. The summed E-state index contributed by atoms with van der Waals surface area (Å²) in [7, 11) is -20.6. The fourth-order valence-corrected chi connectivity index (χ4v) is 13.5. The van der Waals surface area contributed by atoms with E-state index >= 15 is 0 Å². The maximum atomic E-state index is 12.9. The molecular weight excluding hydrogens is 1170 g/mol. The molecule has 8 unspecified atom stereocenters. The lowest BCUT2D eigenvalue weighted by atomic mass is 9.87. The zero-order chi connectivity index (χ0) is 57.1. The molecule has 7 rings (SSSR count). The number of nitrogens with one attached hydrogen (secondary N) is 3. The number of benzene rings is 1. The third-order valence-electron chi connectivity index (χ3n) is 11.3. The third kappa shape index (κ3) is 14.6. The number of thioether (sulfide) groups is 1. The van der Waals surface area contributed by atoms with Crippen LogP contribution in [0.1, 0.15) is 59.0 Å². The fourth-order valence-electron chi connectivity index (χ4n) is 7.64. The number of amides is 3. The number of carboxylic acids is 1. The average Bonchev–Trinajstić information content (AvgIpc) is 4.18. The molecule has 1 saturated heterocycles. The molecule has 426 valence electrons. The van der Waals surface area contributed by atoms with Gasteiger partial charge in [0.1, 0.15) is 58.9 Å². The van der Waals surface area contributed by atoms with Gasteiger partial charge in [0.2, 0.25) is 17.7 Å². The number of aliphatic hydroxyl groups excluding tert-OH is 2. The third-order valence-corrected chi connectivity index (χ3v) is 17.8. The second-order valence-electron chi connectivity index (χ2n) is 17.4. The number of sulfonamides is 1. The van der Waals surface area contributed by atoms with Gasteiger partial charge in [0.05, 0.1) is 37.3 Å². The van der Waals surface area contributed by atoms with Crippen molar-refractivity contribution in [3.8, 4) is 0 Å². The van der Waals surface area contributed by atoms with Crippen LogP contribution in [0.15, 0.2) is 46.2 Å². The largest absolute Gasteiger partial charge is 0.481 e. The van der Waals surface area contributed by atoms with Gasteiger partial charge in [-0.05, 0) is 24.1 Å². The summed E-state index contributed by atoms with van der Waals surface area (Å²) in [4.78, 5) is 115. The van der Waals surface area contributed by atoms with Gasteiger partial charge in [-0.1, -0.05) is 37.7 Å². The number of phosphoric acid groups is 3. The Morgan fingerprint density at radius 1 is 1.01 bits per heavy atom. The van der Waals surface area contributed by atoms with E-state index in [9.17, 15) is 81.0 Å². The van der Waals surface area contributed by atoms with Crippen molar-refractivity contribution in [2.75, 3.05) is 56.3 Å². The molecule has 33 nitrogen and oxygen atoms in total. The van der Waals surface area contributed by atoms with Gasteiger partial charge in [0.15, 0.2) is 17.7 Å². The van der Waals surface area contributed by atoms with Crippen LogP contribution < -0.4 is 21.7 Å². The van der Waals surface area contributed by atoms with Crippen LogP contribution in [0.4, 0.5) is 10.8 Å². The minimum absolute atomic E-state index is 0.00116. The highest BCUT2D eigenvalue weighted by Crippen LogP contribution is 2.61. The van der Waals surface area contributed by atoms with Crippen LogP contribution in [-0.2, 0) is 81.4 Å². The average molecular weight is 1220 g/mol. The van der Waals surface area contributed by atoms with Gasteiger partial charge in [-0.15, -0.1) is 15.7 Å². The van der Waals surface area contributed by atoms with E-state index in [-0.39, 0.29) is 88.8 Å². The number of nitrogens with zero attached hydrogens (tertiary/aromatic N) is 5. The second kappa shape index (κ2) is 24.3. The maximum Gasteiger partial charge on any atom is 0.481 e.